The minimum absolute atomic E-state index is 0.0806. The van der Waals surface area contributed by atoms with E-state index in [1.807, 2.05) is 98.5 Å². The van der Waals surface area contributed by atoms with Gasteiger partial charge in [0.25, 0.3) is 0 Å². The minimum atomic E-state index is -1.29. The number of amides is 1. The zero-order valence-corrected chi connectivity index (χ0v) is 21.9. The summed E-state index contributed by atoms with van der Waals surface area (Å²) >= 11 is 0. The van der Waals surface area contributed by atoms with Gasteiger partial charge in [0.05, 0.1) is 19.1 Å². The number of carbonyl (C=O) groups is 3. The standard InChI is InChI=1S/C32H30N2O4/c1-31(2,3)29(36)27-26(28(35)19-10-6-5-7-11-19)32(22-12-8-9-13-23(22)33-30(32)37)25-17-14-20-18-21(38-4)15-16-24(20)34(25)27/h5-18,25-27H,1-4H3,(H,33,37)/t25-,26+,27-,32-/m1/s1. The molecule has 3 aliphatic rings. The normalized spacial score (nSPS) is 25.0. The molecule has 1 saturated heterocycles. The number of methoxy groups -OCH3 is 1. The van der Waals surface area contributed by atoms with Gasteiger partial charge in [-0.25, -0.2) is 0 Å². The van der Waals surface area contributed by atoms with Crippen molar-refractivity contribution in [2.75, 3.05) is 17.3 Å². The lowest BCUT2D eigenvalue weighted by atomic mass is 9.63. The Morgan fingerprint density at radius 3 is 2.39 bits per heavy atom. The fourth-order valence-corrected chi connectivity index (χ4v) is 6.51. The number of Topliss-reactive ketones (excluding diaryl/α,β-unsaturated/α-hetero) is 2. The van der Waals surface area contributed by atoms with Crippen LogP contribution in [0.4, 0.5) is 11.4 Å². The fraction of sp³-hybridized carbons (Fsp3) is 0.281. The van der Waals surface area contributed by atoms with Crippen LogP contribution in [0.1, 0.15) is 42.3 Å². The largest absolute Gasteiger partial charge is 0.497 e. The molecule has 1 amide bonds. The van der Waals surface area contributed by atoms with Gasteiger partial charge in [-0.05, 0) is 29.8 Å². The van der Waals surface area contributed by atoms with E-state index in [0.29, 0.717) is 17.0 Å². The molecule has 0 saturated carbocycles. The topological polar surface area (TPSA) is 75.7 Å². The lowest BCUT2D eigenvalue weighted by molar-refractivity contribution is -0.128. The average Bonchev–Trinajstić information content (AvgIpc) is 3.40. The number of para-hydroxylation sites is 1. The van der Waals surface area contributed by atoms with Crippen LogP contribution < -0.4 is 15.0 Å². The second-order valence-electron chi connectivity index (χ2n) is 11.3. The lowest BCUT2D eigenvalue weighted by Gasteiger charge is -2.38. The molecular formula is C32H30N2O4. The highest BCUT2D eigenvalue weighted by Gasteiger charge is 2.70. The molecule has 3 heterocycles. The Morgan fingerprint density at radius 2 is 1.68 bits per heavy atom. The maximum Gasteiger partial charge on any atom is 0.238 e. The van der Waals surface area contributed by atoms with Gasteiger partial charge in [-0.2, -0.15) is 0 Å². The van der Waals surface area contributed by atoms with Crippen molar-refractivity contribution in [3.05, 3.63) is 95.6 Å². The van der Waals surface area contributed by atoms with Gasteiger partial charge in [0.2, 0.25) is 5.91 Å². The van der Waals surface area contributed by atoms with Crippen LogP contribution >= 0.6 is 0 Å². The van der Waals surface area contributed by atoms with E-state index in [1.165, 1.54) is 0 Å². The van der Waals surface area contributed by atoms with Crippen LogP contribution in [0.3, 0.4) is 0 Å². The van der Waals surface area contributed by atoms with Crippen LogP contribution in [0.15, 0.2) is 78.9 Å². The number of carbonyl (C=O) groups excluding carboxylic acids is 3. The van der Waals surface area contributed by atoms with Crippen LogP contribution in [0.2, 0.25) is 0 Å². The number of nitrogens with zero attached hydrogens (tertiary/aromatic N) is 1. The van der Waals surface area contributed by atoms with Gasteiger partial charge in [0.15, 0.2) is 11.6 Å². The molecule has 3 aromatic carbocycles. The third-order valence-electron chi connectivity index (χ3n) is 8.19. The molecule has 0 aromatic heterocycles. The summed E-state index contributed by atoms with van der Waals surface area (Å²) in [7, 11) is 1.61. The summed E-state index contributed by atoms with van der Waals surface area (Å²) in [5, 5.41) is 3.06. The number of nitrogens with one attached hydrogen (secondary N) is 1. The number of hydrogen-bond acceptors (Lipinski definition) is 5. The number of hydrogen-bond donors (Lipinski definition) is 1. The SMILES string of the molecule is COc1ccc2c(c1)C=C[C@H]1N2[C@@H](C(=O)C(C)(C)C)[C@@H](C(=O)c2ccccc2)[C@]12C(=O)Nc1ccccc12. The van der Waals surface area contributed by atoms with Crippen LogP contribution in [0.5, 0.6) is 5.75 Å². The minimum Gasteiger partial charge on any atom is -0.497 e. The molecule has 1 spiro atoms. The van der Waals surface area contributed by atoms with Crippen LogP contribution in [0.25, 0.3) is 6.08 Å². The van der Waals surface area contributed by atoms with Gasteiger partial charge in [-0.3, -0.25) is 14.4 Å². The highest BCUT2D eigenvalue weighted by Crippen LogP contribution is 2.58. The molecule has 1 N–H and O–H groups in total. The summed E-state index contributed by atoms with van der Waals surface area (Å²) in [6.45, 7) is 5.62. The molecular weight excluding hydrogens is 476 g/mol. The lowest BCUT2D eigenvalue weighted by Crippen LogP contribution is -2.51. The van der Waals surface area contributed by atoms with E-state index in [1.54, 1.807) is 19.2 Å². The molecule has 3 aliphatic heterocycles. The molecule has 0 unspecified atom stereocenters. The molecule has 6 nitrogen and oxygen atoms in total. The Bertz CT molecular complexity index is 1500. The molecule has 0 bridgehead atoms. The molecule has 4 atom stereocenters. The molecule has 192 valence electrons. The third kappa shape index (κ3) is 3.22. The molecule has 38 heavy (non-hydrogen) atoms. The summed E-state index contributed by atoms with van der Waals surface area (Å²) in [6.07, 6.45) is 3.95. The highest BCUT2D eigenvalue weighted by atomic mass is 16.5. The summed E-state index contributed by atoms with van der Waals surface area (Å²) in [4.78, 5) is 45.2. The van der Waals surface area contributed by atoms with Crippen molar-refractivity contribution in [3.63, 3.8) is 0 Å². The van der Waals surface area contributed by atoms with Crippen molar-refractivity contribution in [1.82, 2.24) is 0 Å². The number of ether oxygens (including phenoxy) is 1. The average molecular weight is 507 g/mol. The monoisotopic (exact) mass is 506 g/mol. The first-order valence-electron chi connectivity index (χ1n) is 12.9. The van der Waals surface area contributed by atoms with E-state index in [-0.39, 0.29) is 17.5 Å². The second kappa shape index (κ2) is 8.42. The summed E-state index contributed by atoms with van der Waals surface area (Å²) < 4.78 is 5.46. The molecule has 3 aromatic rings. The predicted molar refractivity (Wildman–Crippen MR) is 148 cm³/mol. The Balaban J connectivity index is 1.68. The van der Waals surface area contributed by atoms with Crippen LogP contribution in [-0.4, -0.2) is 36.7 Å². The van der Waals surface area contributed by atoms with Crippen LogP contribution in [-0.2, 0) is 15.0 Å². The molecule has 0 aliphatic carbocycles. The summed E-state index contributed by atoms with van der Waals surface area (Å²) in [5.74, 6) is -0.794. The van der Waals surface area contributed by atoms with Crippen molar-refractivity contribution in [1.29, 1.82) is 0 Å². The first-order valence-corrected chi connectivity index (χ1v) is 12.9. The van der Waals surface area contributed by atoms with Crippen molar-refractivity contribution in [3.8, 4) is 5.75 Å². The van der Waals surface area contributed by atoms with Gasteiger partial charge in [0.1, 0.15) is 17.2 Å². The van der Waals surface area contributed by atoms with Crippen molar-refractivity contribution in [2.24, 2.45) is 11.3 Å². The predicted octanol–water partition coefficient (Wildman–Crippen LogP) is 5.28. The van der Waals surface area contributed by atoms with E-state index in [2.05, 4.69) is 5.32 Å². The Hall–Kier alpha value is -4.19. The zero-order valence-electron chi connectivity index (χ0n) is 21.9. The summed E-state index contributed by atoms with van der Waals surface area (Å²) in [5.41, 5.74) is 1.56. The van der Waals surface area contributed by atoms with Crippen molar-refractivity contribution >= 4 is 34.9 Å². The molecule has 1 fully saturated rings. The Labute approximate surface area is 222 Å². The van der Waals surface area contributed by atoms with Gasteiger partial charge in [-0.1, -0.05) is 81.5 Å². The summed E-state index contributed by atoms with van der Waals surface area (Å²) in [6, 6.07) is 20.8. The van der Waals surface area contributed by atoms with Gasteiger partial charge >= 0.3 is 0 Å². The van der Waals surface area contributed by atoms with Gasteiger partial charge in [-0.15, -0.1) is 0 Å². The maximum absolute atomic E-state index is 14.6. The maximum atomic E-state index is 14.6. The number of benzene rings is 3. The van der Waals surface area contributed by atoms with Gasteiger partial charge < -0.3 is 15.0 Å². The number of fused-ring (bicyclic) bond motifs is 6. The first kappa shape index (κ1) is 24.2. The Kier molecular flexibility index (Phi) is 5.35. The smallest absolute Gasteiger partial charge is 0.238 e. The first-order chi connectivity index (χ1) is 18.2. The van der Waals surface area contributed by atoms with Gasteiger partial charge in [0, 0.05) is 27.9 Å². The number of anilines is 2. The van der Waals surface area contributed by atoms with E-state index in [9.17, 15) is 14.4 Å². The van der Waals surface area contributed by atoms with E-state index in [4.69, 9.17) is 4.74 Å². The van der Waals surface area contributed by atoms with Crippen molar-refractivity contribution in [2.45, 2.75) is 38.3 Å². The molecule has 0 radical (unpaired) electrons. The highest BCUT2D eigenvalue weighted by molar-refractivity contribution is 6.17. The number of ketones is 2. The molecule has 6 heteroatoms. The fourth-order valence-electron chi connectivity index (χ4n) is 6.51. The van der Waals surface area contributed by atoms with E-state index < -0.39 is 28.8 Å². The Morgan fingerprint density at radius 1 is 0.974 bits per heavy atom. The van der Waals surface area contributed by atoms with E-state index in [0.717, 1.165) is 16.8 Å². The third-order valence-corrected chi connectivity index (χ3v) is 8.19. The molecule has 6 rings (SSSR count). The second-order valence-corrected chi connectivity index (χ2v) is 11.3. The quantitative estimate of drug-likeness (QED) is 0.487. The van der Waals surface area contributed by atoms with E-state index >= 15 is 0 Å². The van der Waals surface area contributed by atoms with Crippen LogP contribution in [0, 0.1) is 11.3 Å². The van der Waals surface area contributed by atoms with Crippen molar-refractivity contribution < 1.29 is 19.1 Å². The zero-order chi connectivity index (χ0) is 26.8. The number of rotatable bonds is 4.